The number of carbonyl (C=O) groups excluding carboxylic acids is 2. The van der Waals surface area contributed by atoms with Crippen molar-refractivity contribution in [2.75, 3.05) is 12.3 Å². The van der Waals surface area contributed by atoms with Crippen LogP contribution in [0, 0.1) is 0 Å². The van der Waals surface area contributed by atoms with Crippen molar-refractivity contribution in [3.63, 3.8) is 0 Å². The number of carbonyl (C=O) groups is 2. The number of hydrogen-bond acceptors (Lipinski definition) is 5. The minimum atomic E-state index is -0.215. The number of nitrogens with one attached hydrogen (secondary N) is 2. The van der Waals surface area contributed by atoms with Gasteiger partial charge in [0.25, 0.3) is 5.22 Å². The predicted molar refractivity (Wildman–Crippen MR) is 78.9 cm³/mol. The van der Waals surface area contributed by atoms with Crippen LogP contribution in [-0.2, 0) is 9.59 Å². The zero-order valence-electron chi connectivity index (χ0n) is 11.3. The van der Waals surface area contributed by atoms with Crippen molar-refractivity contribution in [2.24, 2.45) is 0 Å². The number of oxazole rings is 1. The summed E-state index contributed by atoms with van der Waals surface area (Å²) in [6.45, 7) is 0.0173. The number of aromatic nitrogens is 1. The van der Waals surface area contributed by atoms with Gasteiger partial charge in [0, 0.05) is 6.04 Å². The summed E-state index contributed by atoms with van der Waals surface area (Å²) in [5.74, 6) is -0.185. The monoisotopic (exact) mass is 305 g/mol. The van der Waals surface area contributed by atoms with Crippen LogP contribution in [0.15, 0.2) is 33.9 Å². The summed E-state index contributed by atoms with van der Waals surface area (Å²) in [6, 6.07) is 7.74. The highest BCUT2D eigenvalue weighted by Crippen LogP contribution is 2.22. The molecule has 2 amide bonds. The third kappa shape index (κ3) is 3.98. The van der Waals surface area contributed by atoms with Gasteiger partial charge in [-0.25, -0.2) is 4.98 Å². The fraction of sp³-hybridized carbons (Fsp3) is 0.357. The molecular weight excluding hydrogens is 290 g/mol. The summed E-state index contributed by atoms with van der Waals surface area (Å²) in [5.41, 5.74) is 1.47. The van der Waals surface area contributed by atoms with Crippen LogP contribution in [0.4, 0.5) is 0 Å². The average Bonchev–Trinajstić information content (AvgIpc) is 3.18. The minimum Gasteiger partial charge on any atom is -0.431 e. The SMILES string of the molecule is O=C(CSc1nc2ccccc2o1)NCC(=O)NC1CC1. The molecule has 0 atom stereocenters. The summed E-state index contributed by atoms with van der Waals surface area (Å²) in [4.78, 5) is 27.3. The van der Waals surface area contributed by atoms with Crippen molar-refractivity contribution in [2.45, 2.75) is 24.1 Å². The van der Waals surface area contributed by atoms with Gasteiger partial charge in [-0.1, -0.05) is 23.9 Å². The quantitative estimate of drug-likeness (QED) is 0.786. The smallest absolute Gasteiger partial charge is 0.257 e. The molecule has 2 N–H and O–H groups in total. The Bertz CT molecular complexity index is 633. The molecule has 0 radical (unpaired) electrons. The van der Waals surface area contributed by atoms with E-state index in [1.807, 2.05) is 24.3 Å². The van der Waals surface area contributed by atoms with Crippen molar-refractivity contribution < 1.29 is 14.0 Å². The molecule has 7 heteroatoms. The average molecular weight is 305 g/mol. The lowest BCUT2D eigenvalue weighted by molar-refractivity contribution is -0.124. The summed E-state index contributed by atoms with van der Waals surface area (Å²) in [6.07, 6.45) is 2.07. The molecule has 21 heavy (non-hydrogen) atoms. The molecule has 110 valence electrons. The molecule has 1 aromatic carbocycles. The van der Waals surface area contributed by atoms with Crippen LogP contribution in [0.3, 0.4) is 0 Å². The Labute approximate surface area is 125 Å². The number of benzene rings is 1. The molecule has 1 aliphatic rings. The highest BCUT2D eigenvalue weighted by molar-refractivity contribution is 7.99. The van der Waals surface area contributed by atoms with Gasteiger partial charge in [0.15, 0.2) is 5.58 Å². The molecule has 1 fully saturated rings. The standard InChI is InChI=1S/C14H15N3O3S/c18-12(16-9-5-6-9)7-15-13(19)8-21-14-17-10-3-1-2-4-11(10)20-14/h1-4,9H,5-8H2,(H,15,19)(H,16,18). The van der Waals surface area contributed by atoms with Crippen LogP contribution in [0.1, 0.15) is 12.8 Å². The van der Waals surface area contributed by atoms with Gasteiger partial charge >= 0.3 is 0 Å². The maximum atomic E-state index is 11.7. The molecule has 3 rings (SSSR count). The topological polar surface area (TPSA) is 84.2 Å². The van der Waals surface area contributed by atoms with Gasteiger partial charge in [-0.2, -0.15) is 0 Å². The third-order valence-corrected chi connectivity index (χ3v) is 3.82. The van der Waals surface area contributed by atoms with Crippen LogP contribution in [0.25, 0.3) is 11.1 Å². The first-order chi connectivity index (χ1) is 10.2. The highest BCUT2D eigenvalue weighted by Gasteiger charge is 2.23. The summed E-state index contributed by atoms with van der Waals surface area (Å²) < 4.78 is 5.50. The van der Waals surface area contributed by atoms with E-state index >= 15 is 0 Å². The van der Waals surface area contributed by atoms with E-state index in [2.05, 4.69) is 15.6 Å². The number of thioether (sulfide) groups is 1. The Morgan fingerprint density at radius 2 is 2.10 bits per heavy atom. The molecule has 0 bridgehead atoms. The normalized spacial score (nSPS) is 14.1. The second kappa shape index (κ2) is 6.17. The van der Waals surface area contributed by atoms with Crippen molar-refractivity contribution in [3.05, 3.63) is 24.3 Å². The van der Waals surface area contributed by atoms with Gasteiger partial charge in [-0.15, -0.1) is 0 Å². The number of amides is 2. The Hall–Kier alpha value is -2.02. The van der Waals surface area contributed by atoms with E-state index in [0.29, 0.717) is 16.8 Å². The molecule has 0 spiro atoms. The van der Waals surface area contributed by atoms with Gasteiger partial charge in [0.2, 0.25) is 11.8 Å². The maximum absolute atomic E-state index is 11.7. The van der Waals surface area contributed by atoms with Crippen LogP contribution in [0.2, 0.25) is 0 Å². The first kappa shape index (κ1) is 13.9. The first-order valence-corrected chi connectivity index (χ1v) is 7.74. The molecule has 6 nitrogen and oxygen atoms in total. The van der Waals surface area contributed by atoms with Crippen LogP contribution in [-0.4, -0.2) is 35.1 Å². The van der Waals surface area contributed by atoms with Crippen molar-refractivity contribution >= 4 is 34.7 Å². The lowest BCUT2D eigenvalue weighted by atomic mass is 10.3. The highest BCUT2D eigenvalue weighted by atomic mass is 32.2. The second-order valence-electron chi connectivity index (χ2n) is 4.85. The minimum absolute atomic E-state index is 0.0173. The predicted octanol–water partition coefficient (Wildman–Crippen LogP) is 1.31. The van der Waals surface area contributed by atoms with E-state index in [4.69, 9.17) is 4.42 Å². The van der Waals surface area contributed by atoms with E-state index in [0.717, 1.165) is 18.4 Å². The van der Waals surface area contributed by atoms with Gasteiger partial charge in [0.05, 0.1) is 12.3 Å². The lowest BCUT2D eigenvalue weighted by Crippen LogP contribution is -2.38. The number of nitrogens with zero attached hydrogens (tertiary/aromatic N) is 1. The van der Waals surface area contributed by atoms with E-state index in [9.17, 15) is 9.59 Å². The number of fused-ring (bicyclic) bond motifs is 1. The van der Waals surface area contributed by atoms with Crippen LogP contribution >= 0.6 is 11.8 Å². The molecule has 1 aromatic heterocycles. The van der Waals surface area contributed by atoms with Gasteiger partial charge < -0.3 is 15.1 Å². The largest absolute Gasteiger partial charge is 0.431 e. The first-order valence-electron chi connectivity index (χ1n) is 6.75. The Balaban J connectivity index is 1.43. The van der Waals surface area contributed by atoms with E-state index in [1.54, 1.807) is 0 Å². The molecule has 0 aliphatic heterocycles. The molecule has 1 heterocycles. The van der Waals surface area contributed by atoms with Gasteiger partial charge in [-0.05, 0) is 25.0 Å². The summed E-state index contributed by atoms with van der Waals surface area (Å²) >= 11 is 1.21. The molecule has 1 aliphatic carbocycles. The van der Waals surface area contributed by atoms with Crippen molar-refractivity contribution in [3.8, 4) is 0 Å². The third-order valence-electron chi connectivity index (χ3n) is 2.99. The van der Waals surface area contributed by atoms with E-state index in [-0.39, 0.29) is 24.1 Å². The molecule has 0 unspecified atom stereocenters. The maximum Gasteiger partial charge on any atom is 0.257 e. The number of rotatable bonds is 6. The Morgan fingerprint density at radius 3 is 2.86 bits per heavy atom. The zero-order valence-corrected chi connectivity index (χ0v) is 12.1. The molecule has 2 aromatic rings. The molecular formula is C14H15N3O3S. The van der Waals surface area contributed by atoms with Crippen molar-refractivity contribution in [1.29, 1.82) is 0 Å². The number of hydrogen-bond donors (Lipinski definition) is 2. The summed E-state index contributed by atoms with van der Waals surface area (Å²) in [7, 11) is 0. The second-order valence-corrected chi connectivity index (χ2v) is 5.78. The number of para-hydroxylation sites is 2. The summed E-state index contributed by atoms with van der Waals surface area (Å²) in [5, 5.41) is 5.84. The lowest BCUT2D eigenvalue weighted by Gasteiger charge is -2.04. The van der Waals surface area contributed by atoms with Gasteiger partial charge in [0.1, 0.15) is 5.52 Å². The Kier molecular flexibility index (Phi) is 4.10. The van der Waals surface area contributed by atoms with E-state index in [1.165, 1.54) is 11.8 Å². The van der Waals surface area contributed by atoms with E-state index < -0.39 is 0 Å². The van der Waals surface area contributed by atoms with Crippen molar-refractivity contribution in [1.82, 2.24) is 15.6 Å². The van der Waals surface area contributed by atoms with Crippen LogP contribution in [0.5, 0.6) is 0 Å². The Morgan fingerprint density at radius 1 is 1.29 bits per heavy atom. The fourth-order valence-corrected chi connectivity index (χ4v) is 2.44. The molecule has 0 saturated heterocycles. The fourth-order valence-electron chi connectivity index (χ4n) is 1.78. The zero-order chi connectivity index (χ0) is 14.7. The van der Waals surface area contributed by atoms with Crippen LogP contribution < -0.4 is 10.6 Å². The molecule has 1 saturated carbocycles. The van der Waals surface area contributed by atoms with Gasteiger partial charge in [-0.3, -0.25) is 9.59 Å².